The second kappa shape index (κ2) is 3.78. The lowest BCUT2D eigenvalue weighted by Gasteiger charge is -2.14. The summed E-state index contributed by atoms with van der Waals surface area (Å²) in [6.07, 6.45) is 10.5. The maximum atomic E-state index is 9.72. The Morgan fingerprint density at radius 2 is 1.42 bits per heavy atom. The zero-order chi connectivity index (χ0) is 8.39. The van der Waals surface area contributed by atoms with E-state index >= 15 is 0 Å². The summed E-state index contributed by atoms with van der Waals surface area (Å²) in [5.74, 6) is 1.75. The van der Waals surface area contributed by atoms with E-state index in [1.54, 1.807) is 0 Å². The molecule has 0 aromatic heterocycles. The van der Waals surface area contributed by atoms with Crippen molar-refractivity contribution >= 4 is 0 Å². The molecule has 0 saturated heterocycles. The van der Waals surface area contributed by atoms with Crippen molar-refractivity contribution in [1.29, 1.82) is 0 Å². The third-order valence-corrected chi connectivity index (χ3v) is 3.38. The number of aliphatic hydroxyl groups excluding tert-OH is 1. The number of rotatable bonds is 4. The highest BCUT2D eigenvalue weighted by atomic mass is 16.3. The lowest BCUT2D eigenvalue weighted by molar-refractivity contribution is 0.128. The van der Waals surface area contributed by atoms with Gasteiger partial charge in [0.05, 0.1) is 6.10 Å². The average Bonchev–Trinajstić information content (AvgIpc) is 2.66. The van der Waals surface area contributed by atoms with Gasteiger partial charge in [-0.25, -0.2) is 0 Å². The molecule has 2 fully saturated rings. The largest absolute Gasteiger partial charge is 0.393 e. The van der Waals surface area contributed by atoms with Gasteiger partial charge in [-0.2, -0.15) is 0 Å². The van der Waals surface area contributed by atoms with Crippen molar-refractivity contribution in [3.8, 4) is 0 Å². The van der Waals surface area contributed by atoms with Crippen LogP contribution in [0, 0.1) is 11.8 Å². The van der Waals surface area contributed by atoms with E-state index in [1.807, 2.05) is 0 Å². The number of hydrogen-bond donors (Lipinski definition) is 1. The van der Waals surface area contributed by atoms with Crippen molar-refractivity contribution in [2.45, 2.75) is 57.5 Å². The summed E-state index contributed by atoms with van der Waals surface area (Å²) >= 11 is 0. The first-order valence-corrected chi connectivity index (χ1v) is 5.52. The smallest absolute Gasteiger partial charge is 0.0545 e. The molecule has 0 heterocycles. The van der Waals surface area contributed by atoms with Crippen LogP contribution in [0.1, 0.15) is 51.4 Å². The van der Waals surface area contributed by atoms with Gasteiger partial charge in [-0.1, -0.05) is 38.5 Å². The maximum absolute atomic E-state index is 9.72. The topological polar surface area (TPSA) is 20.2 Å². The quantitative estimate of drug-likeness (QED) is 0.684. The summed E-state index contributed by atoms with van der Waals surface area (Å²) in [5.41, 5.74) is 0. The van der Waals surface area contributed by atoms with E-state index < -0.39 is 0 Å². The molecular weight excluding hydrogens is 148 g/mol. The Bertz CT molecular complexity index is 134. The van der Waals surface area contributed by atoms with Crippen LogP contribution in [0.15, 0.2) is 0 Å². The standard InChI is InChI=1S/C11H20O/c12-11(8-10-5-6-10)7-9-3-1-2-4-9/h9-12H,1-8H2. The molecule has 2 saturated carbocycles. The molecule has 1 atom stereocenters. The molecule has 70 valence electrons. The van der Waals surface area contributed by atoms with Crippen LogP contribution in [0.3, 0.4) is 0 Å². The molecule has 2 aliphatic rings. The van der Waals surface area contributed by atoms with Gasteiger partial charge in [-0.15, -0.1) is 0 Å². The van der Waals surface area contributed by atoms with Crippen LogP contribution >= 0.6 is 0 Å². The highest BCUT2D eigenvalue weighted by Gasteiger charge is 2.26. The number of hydrogen-bond acceptors (Lipinski definition) is 1. The molecule has 0 aliphatic heterocycles. The van der Waals surface area contributed by atoms with Gasteiger partial charge in [-0.05, 0) is 24.7 Å². The molecule has 1 unspecified atom stereocenters. The molecule has 12 heavy (non-hydrogen) atoms. The van der Waals surface area contributed by atoms with Gasteiger partial charge in [0.1, 0.15) is 0 Å². The monoisotopic (exact) mass is 168 g/mol. The van der Waals surface area contributed by atoms with Gasteiger partial charge in [0.25, 0.3) is 0 Å². The molecule has 2 aliphatic carbocycles. The van der Waals surface area contributed by atoms with Crippen molar-refractivity contribution in [3.63, 3.8) is 0 Å². The van der Waals surface area contributed by atoms with Crippen molar-refractivity contribution in [2.75, 3.05) is 0 Å². The first-order chi connectivity index (χ1) is 5.84. The summed E-state index contributed by atoms with van der Waals surface area (Å²) in [7, 11) is 0. The zero-order valence-electron chi connectivity index (χ0n) is 7.84. The van der Waals surface area contributed by atoms with Gasteiger partial charge in [0.15, 0.2) is 0 Å². The minimum atomic E-state index is 0.0283. The summed E-state index contributed by atoms with van der Waals surface area (Å²) < 4.78 is 0. The Balaban J connectivity index is 1.62. The van der Waals surface area contributed by atoms with Crippen molar-refractivity contribution < 1.29 is 5.11 Å². The first kappa shape index (κ1) is 8.55. The first-order valence-electron chi connectivity index (χ1n) is 5.52. The summed E-state index contributed by atoms with van der Waals surface area (Å²) in [4.78, 5) is 0. The fourth-order valence-corrected chi connectivity index (χ4v) is 2.47. The van der Waals surface area contributed by atoms with Gasteiger partial charge in [0, 0.05) is 0 Å². The lowest BCUT2D eigenvalue weighted by Crippen LogP contribution is -2.12. The Kier molecular flexibility index (Phi) is 2.69. The lowest BCUT2D eigenvalue weighted by atomic mass is 9.97. The van der Waals surface area contributed by atoms with E-state index in [9.17, 15) is 5.11 Å². The highest BCUT2D eigenvalue weighted by Crippen LogP contribution is 2.36. The average molecular weight is 168 g/mol. The SMILES string of the molecule is OC(CC1CCCC1)CC1CC1. The van der Waals surface area contributed by atoms with Crippen LogP contribution in [-0.2, 0) is 0 Å². The normalized spacial score (nSPS) is 27.8. The van der Waals surface area contributed by atoms with E-state index in [0.717, 1.165) is 24.7 Å². The second-order valence-corrected chi connectivity index (χ2v) is 4.72. The van der Waals surface area contributed by atoms with Gasteiger partial charge in [-0.3, -0.25) is 0 Å². The van der Waals surface area contributed by atoms with Gasteiger partial charge < -0.3 is 5.11 Å². The molecule has 2 rings (SSSR count). The third-order valence-electron chi connectivity index (χ3n) is 3.38. The van der Waals surface area contributed by atoms with Crippen molar-refractivity contribution in [2.24, 2.45) is 11.8 Å². The van der Waals surface area contributed by atoms with E-state index in [0.29, 0.717) is 0 Å². The van der Waals surface area contributed by atoms with E-state index in [1.165, 1.54) is 38.5 Å². The Morgan fingerprint density at radius 3 is 1.92 bits per heavy atom. The number of aliphatic hydroxyl groups is 1. The highest BCUT2D eigenvalue weighted by molar-refractivity contribution is 4.79. The van der Waals surface area contributed by atoms with Crippen LogP contribution in [-0.4, -0.2) is 11.2 Å². The van der Waals surface area contributed by atoms with Crippen LogP contribution in [0.2, 0.25) is 0 Å². The zero-order valence-corrected chi connectivity index (χ0v) is 7.84. The third kappa shape index (κ3) is 2.48. The molecular formula is C11H20O. The Labute approximate surface area is 75.2 Å². The molecule has 0 radical (unpaired) electrons. The summed E-state index contributed by atoms with van der Waals surface area (Å²) in [5, 5.41) is 9.72. The molecule has 0 amide bonds. The Morgan fingerprint density at radius 1 is 0.917 bits per heavy atom. The maximum Gasteiger partial charge on any atom is 0.0545 e. The summed E-state index contributed by atoms with van der Waals surface area (Å²) in [6, 6.07) is 0. The molecule has 1 nitrogen and oxygen atoms in total. The fraction of sp³-hybridized carbons (Fsp3) is 1.00. The molecule has 0 bridgehead atoms. The minimum absolute atomic E-state index is 0.0283. The minimum Gasteiger partial charge on any atom is -0.393 e. The van der Waals surface area contributed by atoms with Crippen molar-refractivity contribution in [3.05, 3.63) is 0 Å². The molecule has 0 spiro atoms. The molecule has 0 aromatic carbocycles. The van der Waals surface area contributed by atoms with Crippen LogP contribution in [0.5, 0.6) is 0 Å². The fourth-order valence-electron chi connectivity index (χ4n) is 2.47. The van der Waals surface area contributed by atoms with Crippen LogP contribution in [0.25, 0.3) is 0 Å². The summed E-state index contributed by atoms with van der Waals surface area (Å²) in [6.45, 7) is 0. The molecule has 1 heteroatoms. The van der Waals surface area contributed by atoms with E-state index in [4.69, 9.17) is 0 Å². The van der Waals surface area contributed by atoms with Gasteiger partial charge >= 0.3 is 0 Å². The van der Waals surface area contributed by atoms with Crippen molar-refractivity contribution in [1.82, 2.24) is 0 Å². The van der Waals surface area contributed by atoms with Gasteiger partial charge in [0.2, 0.25) is 0 Å². The predicted molar refractivity (Wildman–Crippen MR) is 49.9 cm³/mol. The van der Waals surface area contributed by atoms with E-state index in [-0.39, 0.29) is 6.10 Å². The predicted octanol–water partition coefficient (Wildman–Crippen LogP) is 2.73. The second-order valence-electron chi connectivity index (χ2n) is 4.72. The molecule has 1 N–H and O–H groups in total. The van der Waals surface area contributed by atoms with Crippen LogP contribution < -0.4 is 0 Å². The molecule has 0 aromatic rings. The Hall–Kier alpha value is -0.0400. The van der Waals surface area contributed by atoms with E-state index in [2.05, 4.69) is 0 Å². The van der Waals surface area contributed by atoms with Crippen LogP contribution in [0.4, 0.5) is 0 Å².